The van der Waals surface area contributed by atoms with Gasteiger partial charge in [-0.25, -0.2) is 4.79 Å². The maximum absolute atomic E-state index is 12.9. The SMILES string of the molecule is CCCn1c(=O)n(CC(=O)Nc2ccc(OC)c(OCc3cccnc3)c2)c2ccccc21. The van der Waals surface area contributed by atoms with Crippen LogP contribution in [0.4, 0.5) is 5.69 Å². The molecule has 2 heterocycles. The van der Waals surface area contributed by atoms with E-state index in [-0.39, 0.29) is 18.1 Å². The molecule has 0 aliphatic carbocycles. The lowest BCUT2D eigenvalue weighted by Gasteiger charge is -2.13. The van der Waals surface area contributed by atoms with E-state index >= 15 is 0 Å². The number of amides is 1. The third-order valence-corrected chi connectivity index (χ3v) is 5.24. The molecule has 0 unspecified atom stereocenters. The number of aromatic nitrogens is 3. The molecule has 0 bridgehead atoms. The Hall–Kier alpha value is -4.07. The van der Waals surface area contributed by atoms with E-state index in [4.69, 9.17) is 9.47 Å². The van der Waals surface area contributed by atoms with Crippen molar-refractivity contribution in [3.8, 4) is 11.5 Å². The highest BCUT2D eigenvalue weighted by Gasteiger charge is 2.16. The van der Waals surface area contributed by atoms with Gasteiger partial charge in [0.25, 0.3) is 0 Å². The Balaban J connectivity index is 1.52. The van der Waals surface area contributed by atoms with Crippen LogP contribution in [-0.2, 0) is 24.5 Å². The predicted molar refractivity (Wildman–Crippen MR) is 127 cm³/mol. The highest BCUT2D eigenvalue weighted by Crippen LogP contribution is 2.31. The molecule has 0 radical (unpaired) electrons. The number of hydrogen-bond acceptors (Lipinski definition) is 5. The van der Waals surface area contributed by atoms with Crippen molar-refractivity contribution >= 4 is 22.6 Å². The van der Waals surface area contributed by atoms with Crippen LogP contribution in [0, 0.1) is 0 Å². The van der Waals surface area contributed by atoms with Gasteiger partial charge in [0, 0.05) is 36.3 Å². The zero-order valence-corrected chi connectivity index (χ0v) is 18.7. The minimum atomic E-state index is -0.306. The number of imidazole rings is 1. The van der Waals surface area contributed by atoms with Crippen molar-refractivity contribution in [3.05, 3.63) is 83.0 Å². The second-order valence-electron chi connectivity index (χ2n) is 7.57. The molecule has 8 heteroatoms. The van der Waals surface area contributed by atoms with Gasteiger partial charge in [-0.15, -0.1) is 0 Å². The normalized spacial score (nSPS) is 10.8. The molecule has 8 nitrogen and oxygen atoms in total. The number of pyridine rings is 1. The predicted octanol–water partition coefficient (Wildman–Crippen LogP) is 3.83. The van der Waals surface area contributed by atoms with Gasteiger partial charge in [-0.3, -0.25) is 18.9 Å². The molecule has 2 aromatic heterocycles. The first-order chi connectivity index (χ1) is 16.1. The van der Waals surface area contributed by atoms with Gasteiger partial charge in [-0.2, -0.15) is 0 Å². The average molecular weight is 447 g/mol. The van der Waals surface area contributed by atoms with Crippen LogP contribution in [0.1, 0.15) is 18.9 Å². The first-order valence-corrected chi connectivity index (χ1v) is 10.8. The Morgan fingerprint density at radius 3 is 2.52 bits per heavy atom. The van der Waals surface area contributed by atoms with E-state index in [1.807, 2.05) is 43.3 Å². The zero-order valence-electron chi connectivity index (χ0n) is 18.7. The van der Waals surface area contributed by atoms with Crippen LogP contribution in [-0.4, -0.2) is 27.1 Å². The van der Waals surface area contributed by atoms with Gasteiger partial charge >= 0.3 is 5.69 Å². The molecule has 170 valence electrons. The monoisotopic (exact) mass is 446 g/mol. The van der Waals surface area contributed by atoms with Crippen molar-refractivity contribution in [2.45, 2.75) is 33.0 Å². The third kappa shape index (κ3) is 4.90. The Morgan fingerprint density at radius 2 is 1.82 bits per heavy atom. The molecule has 0 aliphatic rings. The van der Waals surface area contributed by atoms with Gasteiger partial charge < -0.3 is 14.8 Å². The molecule has 1 N–H and O–H groups in total. The topological polar surface area (TPSA) is 87.4 Å². The van der Waals surface area contributed by atoms with Crippen molar-refractivity contribution in [1.29, 1.82) is 0 Å². The van der Waals surface area contributed by atoms with Crippen LogP contribution in [0.3, 0.4) is 0 Å². The quantitative estimate of drug-likeness (QED) is 0.422. The number of nitrogens with zero attached hydrogens (tertiary/aromatic N) is 3. The summed E-state index contributed by atoms with van der Waals surface area (Å²) in [5.74, 6) is 0.742. The minimum Gasteiger partial charge on any atom is -0.493 e. The number of fused-ring (bicyclic) bond motifs is 1. The van der Waals surface area contributed by atoms with E-state index < -0.39 is 0 Å². The van der Waals surface area contributed by atoms with Crippen LogP contribution in [0.2, 0.25) is 0 Å². The molecule has 0 atom stereocenters. The summed E-state index contributed by atoms with van der Waals surface area (Å²) in [7, 11) is 1.56. The number of methoxy groups -OCH3 is 1. The molecule has 4 rings (SSSR count). The summed E-state index contributed by atoms with van der Waals surface area (Å²) in [6.45, 7) is 2.84. The second-order valence-corrected chi connectivity index (χ2v) is 7.57. The standard InChI is InChI=1S/C25H26N4O4/c1-3-13-28-20-8-4-5-9-21(20)29(25(28)31)16-24(30)27-19-10-11-22(32-2)23(14-19)33-17-18-7-6-12-26-15-18/h4-12,14-15H,3,13,16-17H2,1-2H3,(H,27,30). The Bertz CT molecular complexity index is 1310. The summed E-state index contributed by atoms with van der Waals surface area (Å²) >= 11 is 0. The molecule has 0 spiro atoms. The highest BCUT2D eigenvalue weighted by atomic mass is 16.5. The average Bonchev–Trinajstić information content (AvgIpc) is 3.10. The summed E-state index contributed by atoms with van der Waals surface area (Å²) in [6.07, 6.45) is 4.25. The zero-order chi connectivity index (χ0) is 23.2. The van der Waals surface area contributed by atoms with Gasteiger partial charge in [-0.1, -0.05) is 25.1 Å². The molecular formula is C25H26N4O4. The molecular weight excluding hydrogens is 420 g/mol. The molecule has 33 heavy (non-hydrogen) atoms. The maximum atomic E-state index is 12.9. The van der Waals surface area contributed by atoms with Crippen LogP contribution < -0.4 is 20.5 Å². The van der Waals surface area contributed by atoms with Crippen LogP contribution >= 0.6 is 0 Å². The van der Waals surface area contributed by atoms with E-state index in [0.717, 1.165) is 23.0 Å². The van der Waals surface area contributed by atoms with Gasteiger partial charge in [0.05, 0.1) is 18.1 Å². The summed E-state index contributed by atoms with van der Waals surface area (Å²) in [5, 5.41) is 2.86. The number of aryl methyl sites for hydroxylation is 1. The summed E-state index contributed by atoms with van der Waals surface area (Å²) in [6, 6.07) is 16.4. The number of rotatable bonds is 9. The van der Waals surface area contributed by atoms with E-state index in [0.29, 0.717) is 30.3 Å². The fraction of sp³-hybridized carbons (Fsp3) is 0.240. The van der Waals surface area contributed by atoms with Crippen LogP contribution in [0.5, 0.6) is 11.5 Å². The first-order valence-electron chi connectivity index (χ1n) is 10.8. The second kappa shape index (κ2) is 10.0. The molecule has 0 saturated heterocycles. The number of benzene rings is 2. The molecule has 4 aromatic rings. The lowest BCUT2D eigenvalue weighted by Crippen LogP contribution is -2.29. The first kappa shape index (κ1) is 22.1. The van der Waals surface area contributed by atoms with Gasteiger partial charge in [0.1, 0.15) is 13.2 Å². The summed E-state index contributed by atoms with van der Waals surface area (Å²) < 4.78 is 14.5. The van der Waals surface area contributed by atoms with Crippen molar-refractivity contribution in [2.24, 2.45) is 0 Å². The number of nitrogens with one attached hydrogen (secondary N) is 1. The Morgan fingerprint density at radius 1 is 1.03 bits per heavy atom. The van der Waals surface area contributed by atoms with E-state index in [2.05, 4.69) is 10.3 Å². The van der Waals surface area contributed by atoms with Crippen molar-refractivity contribution in [2.75, 3.05) is 12.4 Å². The third-order valence-electron chi connectivity index (χ3n) is 5.24. The summed E-state index contributed by atoms with van der Waals surface area (Å²) in [4.78, 5) is 29.8. The molecule has 1 amide bonds. The molecule has 0 fully saturated rings. The van der Waals surface area contributed by atoms with Gasteiger partial charge in [-0.05, 0) is 36.8 Å². The van der Waals surface area contributed by atoms with Crippen molar-refractivity contribution in [1.82, 2.24) is 14.1 Å². The fourth-order valence-electron chi connectivity index (χ4n) is 3.72. The van der Waals surface area contributed by atoms with Crippen LogP contribution in [0.15, 0.2) is 71.8 Å². The van der Waals surface area contributed by atoms with E-state index in [1.54, 1.807) is 42.3 Å². The van der Waals surface area contributed by atoms with Gasteiger partial charge in [0.15, 0.2) is 11.5 Å². The molecule has 0 aliphatic heterocycles. The number of ether oxygens (including phenoxy) is 2. The van der Waals surface area contributed by atoms with Crippen LogP contribution in [0.25, 0.3) is 11.0 Å². The summed E-state index contributed by atoms with van der Waals surface area (Å²) in [5.41, 5.74) is 2.83. The van der Waals surface area contributed by atoms with Crippen molar-refractivity contribution in [3.63, 3.8) is 0 Å². The lowest BCUT2D eigenvalue weighted by molar-refractivity contribution is -0.116. The Kier molecular flexibility index (Phi) is 6.73. The van der Waals surface area contributed by atoms with E-state index in [9.17, 15) is 9.59 Å². The number of carbonyl (C=O) groups excluding carboxylic acids is 1. The highest BCUT2D eigenvalue weighted by molar-refractivity contribution is 5.92. The maximum Gasteiger partial charge on any atom is 0.329 e. The number of carbonyl (C=O) groups is 1. The molecule has 2 aromatic carbocycles. The smallest absolute Gasteiger partial charge is 0.329 e. The van der Waals surface area contributed by atoms with Gasteiger partial charge in [0.2, 0.25) is 5.91 Å². The van der Waals surface area contributed by atoms with Crippen molar-refractivity contribution < 1.29 is 14.3 Å². The number of para-hydroxylation sites is 2. The minimum absolute atomic E-state index is 0.0893. The van der Waals surface area contributed by atoms with E-state index in [1.165, 1.54) is 4.57 Å². The number of anilines is 1. The fourth-order valence-corrected chi connectivity index (χ4v) is 3.72. The number of hydrogen-bond donors (Lipinski definition) is 1. The molecule has 0 saturated carbocycles. The lowest BCUT2D eigenvalue weighted by atomic mass is 10.2. The largest absolute Gasteiger partial charge is 0.493 e. The Labute approximate surface area is 191 Å².